The molecular formula is C11H21NO. The molecule has 2 nitrogen and oxygen atoms in total. The number of hydrogen-bond donors (Lipinski definition) is 1. The molecule has 0 aromatic carbocycles. The number of carbonyl (C=O) groups is 1. The van der Waals surface area contributed by atoms with Gasteiger partial charge in [-0.15, -0.1) is 0 Å². The van der Waals surface area contributed by atoms with Gasteiger partial charge in [-0.05, 0) is 31.8 Å². The van der Waals surface area contributed by atoms with Gasteiger partial charge in [-0.1, -0.05) is 20.3 Å². The van der Waals surface area contributed by atoms with E-state index in [1.807, 2.05) is 0 Å². The Bertz CT molecular complexity index is 161. The smallest absolute Gasteiger partial charge is 0.136 e. The second-order valence-electron chi connectivity index (χ2n) is 4.21. The van der Waals surface area contributed by atoms with Crippen molar-refractivity contribution in [3.05, 3.63) is 0 Å². The van der Waals surface area contributed by atoms with Gasteiger partial charge in [0.15, 0.2) is 0 Å². The highest BCUT2D eigenvalue weighted by molar-refractivity contribution is 5.81. The third kappa shape index (κ3) is 3.47. The second kappa shape index (κ2) is 5.38. The summed E-state index contributed by atoms with van der Waals surface area (Å²) in [4.78, 5) is 11.7. The second-order valence-corrected chi connectivity index (χ2v) is 4.21. The van der Waals surface area contributed by atoms with Crippen molar-refractivity contribution in [3.63, 3.8) is 0 Å². The fourth-order valence-corrected chi connectivity index (χ4v) is 1.80. The van der Waals surface area contributed by atoms with Gasteiger partial charge in [0.1, 0.15) is 5.78 Å². The molecule has 76 valence electrons. The zero-order valence-electron chi connectivity index (χ0n) is 8.81. The molecule has 0 amide bonds. The van der Waals surface area contributed by atoms with Crippen LogP contribution in [0.2, 0.25) is 0 Å². The van der Waals surface area contributed by atoms with Gasteiger partial charge in [-0.2, -0.15) is 0 Å². The number of piperidine rings is 1. The molecule has 1 aliphatic heterocycles. The zero-order valence-corrected chi connectivity index (χ0v) is 8.81. The fraction of sp³-hybridized carbons (Fsp3) is 0.909. The average Bonchev–Trinajstić information content (AvgIpc) is 2.19. The van der Waals surface area contributed by atoms with Crippen LogP contribution in [0.4, 0.5) is 0 Å². The van der Waals surface area contributed by atoms with Crippen LogP contribution < -0.4 is 5.32 Å². The Balaban J connectivity index is 2.29. The molecule has 1 rings (SSSR count). The number of rotatable bonds is 4. The molecule has 1 atom stereocenters. The molecular weight excluding hydrogens is 162 g/mol. The highest BCUT2D eigenvalue weighted by atomic mass is 16.1. The molecule has 0 aliphatic carbocycles. The summed E-state index contributed by atoms with van der Waals surface area (Å²) in [6.07, 6.45) is 4.02. The summed E-state index contributed by atoms with van der Waals surface area (Å²) in [7, 11) is 0. The van der Waals surface area contributed by atoms with Crippen LogP contribution in [0.25, 0.3) is 0 Å². The maximum atomic E-state index is 11.7. The van der Waals surface area contributed by atoms with E-state index in [9.17, 15) is 4.79 Å². The van der Waals surface area contributed by atoms with Crippen LogP contribution in [0, 0.1) is 11.8 Å². The number of nitrogens with one attached hydrogen (secondary N) is 1. The third-order valence-corrected chi connectivity index (χ3v) is 3.04. The highest BCUT2D eigenvalue weighted by Gasteiger charge is 2.21. The third-order valence-electron chi connectivity index (χ3n) is 3.04. The van der Waals surface area contributed by atoms with Crippen molar-refractivity contribution in [2.45, 2.75) is 39.5 Å². The van der Waals surface area contributed by atoms with Gasteiger partial charge in [0.05, 0.1) is 0 Å². The van der Waals surface area contributed by atoms with Crippen LogP contribution in [0.15, 0.2) is 0 Å². The molecule has 0 spiro atoms. The fourth-order valence-electron chi connectivity index (χ4n) is 1.80. The Morgan fingerprint density at radius 3 is 2.62 bits per heavy atom. The predicted octanol–water partition coefficient (Wildman–Crippen LogP) is 1.99. The summed E-state index contributed by atoms with van der Waals surface area (Å²) < 4.78 is 0. The van der Waals surface area contributed by atoms with E-state index in [0.717, 1.165) is 38.8 Å². The molecule has 1 fully saturated rings. The maximum Gasteiger partial charge on any atom is 0.136 e. The first-order valence-corrected chi connectivity index (χ1v) is 5.47. The Morgan fingerprint density at radius 1 is 1.46 bits per heavy atom. The quantitative estimate of drug-likeness (QED) is 0.722. The van der Waals surface area contributed by atoms with E-state index in [0.29, 0.717) is 17.6 Å². The largest absolute Gasteiger partial charge is 0.317 e. The number of Topliss-reactive ketones (excluding diaryl/α,β-unsaturated/α-hetero) is 1. The Kier molecular flexibility index (Phi) is 4.43. The maximum absolute atomic E-state index is 11.7. The van der Waals surface area contributed by atoms with Gasteiger partial charge in [-0.25, -0.2) is 0 Å². The number of carbonyl (C=O) groups excluding carboxylic acids is 1. The van der Waals surface area contributed by atoms with Crippen molar-refractivity contribution in [2.75, 3.05) is 13.1 Å². The van der Waals surface area contributed by atoms with E-state index >= 15 is 0 Å². The lowest BCUT2D eigenvalue weighted by molar-refractivity contribution is -0.124. The predicted molar refractivity (Wildman–Crippen MR) is 54.7 cm³/mol. The summed E-state index contributed by atoms with van der Waals surface area (Å²) in [5.41, 5.74) is 0. The molecule has 1 saturated heterocycles. The van der Waals surface area contributed by atoms with Gasteiger partial charge in [0, 0.05) is 12.3 Å². The Labute approximate surface area is 81.1 Å². The van der Waals surface area contributed by atoms with Crippen LogP contribution >= 0.6 is 0 Å². The van der Waals surface area contributed by atoms with E-state index in [1.165, 1.54) is 0 Å². The minimum atomic E-state index is 0.357. The van der Waals surface area contributed by atoms with E-state index in [2.05, 4.69) is 19.2 Å². The topological polar surface area (TPSA) is 29.1 Å². The molecule has 0 saturated carbocycles. The molecule has 0 bridgehead atoms. The first kappa shape index (κ1) is 10.7. The minimum absolute atomic E-state index is 0.357. The lowest BCUT2D eigenvalue weighted by Crippen LogP contribution is -2.32. The van der Waals surface area contributed by atoms with E-state index in [1.54, 1.807) is 0 Å². The monoisotopic (exact) mass is 183 g/mol. The summed E-state index contributed by atoms with van der Waals surface area (Å²) in [5.74, 6) is 1.42. The normalized spacial score (nSPS) is 21.4. The van der Waals surface area contributed by atoms with Crippen LogP contribution in [0.3, 0.4) is 0 Å². The van der Waals surface area contributed by atoms with E-state index < -0.39 is 0 Å². The summed E-state index contributed by atoms with van der Waals surface area (Å²) in [5, 5.41) is 3.28. The first-order chi connectivity index (χ1) is 6.24. The van der Waals surface area contributed by atoms with Gasteiger partial charge in [0.2, 0.25) is 0 Å². The standard InChI is InChI=1S/C11H21NO/c1-3-9(2)8-11(13)10-4-6-12-7-5-10/h9-10,12H,3-8H2,1-2H3. The van der Waals surface area contributed by atoms with Crippen LogP contribution in [-0.4, -0.2) is 18.9 Å². The number of ketones is 1. The Morgan fingerprint density at radius 2 is 2.08 bits per heavy atom. The molecule has 13 heavy (non-hydrogen) atoms. The molecule has 0 radical (unpaired) electrons. The van der Waals surface area contributed by atoms with Crippen molar-refractivity contribution in [1.82, 2.24) is 5.32 Å². The molecule has 1 heterocycles. The lowest BCUT2D eigenvalue weighted by atomic mass is 9.88. The van der Waals surface area contributed by atoms with Crippen LogP contribution in [0.1, 0.15) is 39.5 Å². The van der Waals surface area contributed by atoms with Crippen LogP contribution in [-0.2, 0) is 4.79 Å². The summed E-state index contributed by atoms with van der Waals surface area (Å²) in [6, 6.07) is 0. The van der Waals surface area contributed by atoms with Crippen molar-refractivity contribution in [1.29, 1.82) is 0 Å². The molecule has 0 aromatic rings. The molecule has 1 aliphatic rings. The highest BCUT2D eigenvalue weighted by Crippen LogP contribution is 2.18. The zero-order chi connectivity index (χ0) is 9.68. The van der Waals surface area contributed by atoms with Gasteiger partial charge >= 0.3 is 0 Å². The molecule has 0 aromatic heterocycles. The molecule has 1 unspecified atom stereocenters. The van der Waals surface area contributed by atoms with Gasteiger partial charge in [0.25, 0.3) is 0 Å². The lowest BCUT2D eigenvalue weighted by Gasteiger charge is -2.22. The number of hydrogen-bond acceptors (Lipinski definition) is 2. The van der Waals surface area contributed by atoms with E-state index in [4.69, 9.17) is 0 Å². The van der Waals surface area contributed by atoms with E-state index in [-0.39, 0.29) is 0 Å². The summed E-state index contributed by atoms with van der Waals surface area (Å²) >= 11 is 0. The van der Waals surface area contributed by atoms with Crippen molar-refractivity contribution in [3.8, 4) is 0 Å². The van der Waals surface area contributed by atoms with Gasteiger partial charge < -0.3 is 5.32 Å². The van der Waals surface area contributed by atoms with Crippen molar-refractivity contribution >= 4 is 5.78 Å². The SMILES string of the molecule is CCC(C)CC(=O)C1CCNCC1. The molecule has 2 heteroatoms. The van der Waals surface area contributed by atoms with Crippen molar-refractivity contribution < 1.29 is 4.79 Å². The van der Waals surface area contributed by atoms with Gasteiger partial charge in [-0.3, -0.25) is 4.79 Å². The van der Waals surface area contributed by atoms with Crippen LogP contribution in [0.5, 0.6) is 0 Å². The summed E-state index contributed by atoms with van der Waals surface area (Å²) in [6.45, 7) is 6.37. The first-order valence-electron chi connectivity index (χ1n) is 5.47. The van der Waals surface area contributed by atoms with Crippen molar-refractivity contribution in [2.24, 2.45) is 11.8 Å². The average molecular weight is 183 g/mol. The molecule has 1 N–H and O–H groups in total. The minimum Gasteiger partial charge on any atom is -0.317 e. The Hall–Kier alpha value is -0.370.